The first-order valence-corrected chi connectivity index (χ1v) is 10.2. The van der Waals surface area contributed by atoms with Gasteiger partial charge in [0.25, 0.3) is 0 Å². The monoisotopic (exact) mass is 369 g/mol. The van der Waals surface area contributed by atoms with Crippen molar-refractivity contribution in [2.45, 2.75) is 65.1 Å². The lowest BCUT2D eigenvalue weighted by molar-refractivity contribution is -0.0840. The number of nitrogens with zero attached hydrogens (tertiary/aromatic N) is 1. The van der Waals surface area contributed by atoms with Gasteiger partial charge in [0.1, 0.15) is 0 Å². The van der Waals surface area contributed by atoms with Crippen LogP contribution in [0.3, 0.4) is 0 Å². The fourth-order valence-corrected chi connectivity index (χ4v) is 3.97. The second-order valence-electron chi connectivity index (χ2n) is 8.64. The van der Waals surface area contributed by atoms with Crippen LogP contribution in [0.4, 0.5) is 0 Å². The van der Waals surface area contributed by atoms with E-state index in [1.54, 1.807) is 7.11 Å². The van der Waals surface area contributed by atoms with E-state index in [1.165, 1.54) is 6.42 Å². The van der Waals surface area contributed by atoms with E-state index in [0.717, 1.165) is 58.1 Å². The van der Waals surface area contributed by atoms with Gasteiger partial charge in [-0.3, -0.25) is 4.99 Å². The van der Waals surface area contributed by atoms with Crippen molar-refractivity contribution in [3.63, 3.8) is 0 Å². The Balaban J connectivity index is 1.96. The van der Waals surface area contributed by atoms with Gasteiger partial charge in [-0.2, -0.15) is 0 Å². The van der Waals surface area contributed by atoms with Gasteiger partial charge in [0.2, 0.25) is 0 Å². The van der Waals surface area contributed by atoms with E-state index in [-0.39, 0.29) is 17.1 Å². The van der Waals surface area contributed by atoms with E-state index in [0.29, 0.717) is 12.5 Å². The summed E-state index contributed by atoms with van der Waals surface area (Å²) in [5.74, 6) is 1.38. The smallest absolute Gasteiger partial charge is 0.191 e. The highest BCUT2D eigenvalue weighted by Crippen LogP contribution is 2.33. The van der Waals surface area contributed by atoms with E-state index in [2.05, 4.69) is 38.3 Å². The van der Waals surface area contributed by atoms with Gasteiger partial charge >= 0.3 is 0 Å². The van der Waals surface area contributed by atoms with Gasteiger partial charge in [0.15, 0.2) is 5.96 Å². The number of methoxy groups -OCH3 is 1. The maximum atomic E-state index is 6.10. The first-order valence-electron chi connectivity index (χ1n) is 10.2. The fourth-order valence-electron chi connectivity index (χ4n) is 3.97. The molecule has 0 amide bonds. The van der Waals surface area contributed by atoms with Gasteiger partial charge in [0.05, 0.1) is 18.2 Å². The topological polar surface area (TPSA) is 64.1 Å². The van der Waals surface area contributed by atoms with Crippen molar-refractivity contribution in [1.82, 2.24) is 10.6 Å². The van der Waals surface area contributed by atoms with Gasteiger partial charge in [-0.15, -0.1) is 0 Å². The van der Waals surface area contributed by atoms with Crippen LogP contribution in [-0.4, -0.2) is 64.2 Å². The Morgan fingerprint density at radius 1 is 1.19 bits per heavy atom. The zero-order valence-corrected chi connectivity index (χ0v) is 17.4. The molecular formula is C20H39N3O3. The van der Waals surface area contributed by atoms with Crippen molar-refractivity contribution >= 4 is 5.96 Å². The first-order chi connectivity index (χ1) is 12.4. The van der Waals surface area contributed by atoms with Crippen molar-refractivity contribution in [2.24, 2.45) is 16.3 Å². The highest BCUT2D eigenvalue weighted by atomic mass is 16.5. The molecule has 0 aliphatic carbocycles. The zero-order chi connectivity index (χ0) is 19.0. The van der Waals surface area contributed by atoms with Crippen LogP contribution in [0.2, 0.25) is 0 Å². The van der Waals surface area contributed by atoms with Gasteiger partial charge in [0, 0.05) is 58.8 Å². The van der Waals surface area contributed by atoms with Crippen LogP contribution < -0.4 is 10.6 Å². The lowest BCUT2D eigenvalue weighted by Gasteiger charge is -2.40. The largest absolute Gasteiger partial charge is 0.381 e. The molecule has 26 heavy (non-hydrogen) atoms. The average Bonchev–Trinajstić information content (AvgIpc) is 2.64. The Morgan fingerprint density at radius 3 is 2.54 bits per heavy atom. The van der Waals surface area contributed by atoms with E-state index >= 15 is 0 Å². The van der Waals surface area contributed by atoms with Crippen LogP contribution in [0.1, 0.15) is 53.4 Å². The molecule has 0 bridgehead atoms. The molecule has 0 aromatic carbocycles. The molecule has 2 atom stereocenters. The molecule has 2 aliphatic heterocycles. The molecule has 152 valence electrons. The summed E-state index contributed by atoms with van der Waals surface area (Å²) in [5, 5.41) is 6.91. The van der Waals surface area contributed by atoms with Crippen LogP contribution in [-0.2, 0) is 14.2 Å². The average molecular weight is 370 g/mol. The lowest BCUT2D eigenvalue weighted by atomic mass is 9.78. The Bertz CT molecular complexity index is 442. The highest BCUT2D eigenvalue weighted by Gasteiger charge is 2.35. The number of rotatable bonds is 6. The van der Waals surface area contributed by atoms with E-state index in [9.17, 15) is 0 Å². The molecule has 2 N–H and O–H groups in total. The summed E-state index contributed by atoms with van der Waals surface area (Å²) in [6.45, 7) is 13.7. The molecule has 2 fully saturated rings. The second kappa shape index (κ2) is 9.90. The third-order valence-electron chi connectivity index (χ3n) is 5.54. The predicted octanol–water partition coefficient (Wildman–Crippen LogP) is 2.58. The summed E-state index contributed by atoms with van der Waals surface area (Å²) >= 11 is 0. The molecule has 0 saturated carbocycles. The maximum absolute atomic E-state index is 6.10. The number of guanidine groups is 1. The number of hydrogen-bond acceptors (Lipinski definition) is 4. The summed E-state index contributed by atoms with van der Waals surface area (Å²) in [4.78, 5) is 4.82. The van der Waals surface area contributed by atoms with Crippen molar-refractivity contribution in [3.05, 3.63) is 0 Å². The van der Waals surface area contributed by atoms with E-state index in [1.807, 2.05) is 0 Å². The molecule has 2 rings (SSSR count). The molecule has 2 aliphatic rings. The second-order valence-corrected chi connectivity index (χ2v) is 8.64. The molecule has 6 heteroatoms. The SMILES string of the molecule is CCNC(=NCC1(OC)CCOCC1)NCC1CCCOC1C(C)(C)C. The number of hydrogen-bond donors (Lipinski definition) is 2. The molecule has 6 nitrogen and oxygen atoms in total. The summed E-state index contributed by atoms with van der Waals surface area (Å²) in [7, 11) is 1.79. The number of aliphatic imine (C=N–C) groups is 1. The molecule has 2 saturated heterocycles. The molecule has 0 aromatic rings. The van der Waals surface area contributed by atoms with Crippen LogP contribution in [0.15, 0.2) is 4.99 Å². The van der Waals surface area contributed by atoms with Gasteiger partial charge in [-0.1, -0.05) is 20.8 Å². The number of ether oxygens (including phenoxy) is 3. The Morgan fingerprint density at radius 2 is 1.92 bits per heavy atom. The summed E-state index contributed by atoms with van der Waals surface area (Å²) in [6, 6.07) is 0. The quantitative estimate of drug-likeness (QED) is 0.556. The molecule has 0 radical (unpaired) electrons. The van der Waals surface area contributed by atoms with Gasteiger partial charge in [-0.05, 0) is 25.2 Å². The minimum atomic E-state index is -0.192. The van der Waals surface area contributed by atoms with Crippen LogP contribution in [0, 0.1) is 11.3 Å². The highest BCUT2D eigenvalue weighted by molar-refractivity contribution is 5.79. The molecule has 0 spiro atoms. The van der Waals surface area contributed by atoms with Gasteiger partial charge < -0.3 is 24.8 Å². The van der Waals surface area contributed by atoms with Crippen molar-refractivity contribution in [2.75, 3.05) is 46.6 Å². The first kappa shape index (κ1) is 21.5. The molecule has 2 heterocycles. The van der Waals surface area contributed by atoms with Crippen molar-refractivity contribution < 1.29 is 14.2 Å². The fraction of sp³-hybridized carbons (Fsp3) is 0.950. The summed E-state index contributed by atoms with van der Waals surface area (Å²) in [5.41, 5.74) is -0.0348. The minimum Gasteiger partial charge on any atom is -0.381 e. The van der Waals surface area contributed by atoms with Crippen molar-refractivity contribution in [1.29, 1.82) is 0 Å². The van der Waals surface area contributed by atoms with Crippen LogP contribution >= 0.6 is 0 Å². The third-order valence-corrected chi connectivity index (χ3v) is 5.54. The predicted molar refractivity (Wildman–Crippen MR) is 106 cm³/mol. The summed E-state index contributed by atoms with van der Waals surface area (Å²) in [6.07, 6.45) is 4.42. The Kier molecular flexibility index (Phi) is 8.17. The molecule has 0 aromatic heterocycles. The van der Waals surface area contributed by atoms with E-state index in [4.69, 9.17) is 19.2 Å². The summed E-state index contributed by atoms with van der Waals surface area (Å²) < 4.78 is 17.4. The van der Waals surface area contributed by atoms with Crippen LogP contribution in [0.5, 0.6) is 0 Å². The maximum Gasteiger partial charge on any atom is 0.191 e. The normalized spacial score (nSPS) is 27.2. The standard InChI is InChI=1S/C20H39N3O3/c1-6-21-18(23-15-20(24-5)9-12-25-13-10-20)22-14-16-8-7-11-26-17(16)19(2,3)4/h16-17H,6-15H2,1-5H3,(H2,21,22,23). The van der Waals surface area contributed by atoms with Crippen LogP contribution in [0.25, 0.3) is 0 Å². The Labute approximate surface area is 159 Å². The third kappa shape index (κ3) is 6.10. The zero-order valence-electron chi connectivity index (χ0n) is 17.4. The molecular weight excluding hydrogens is 330 g/mol. The lowest BCUT2D eigenvalue weighted by Crippen LogP contribution is -2.48. The van der Waals surface area contributed by atoms with E-state index < -0.39 is 0 Å². The van der Waals surface area contributed by atoms with Gasteiger partial charge in [-0.25, -0.2) is 0 Å². The Hall–Kier alpha value is -0.850. The minimum absolute atomic E-state index is 0.157. The number of nitrogens with one attached hydrogen (secondary N) is 2. The molecule has 2 unspecified atom stereocenters. The van der Waals surface area contributed by atoms with Crippen molar-refractivity contribution in [3.8, 4) is 0 Å².